The van der Waals surface area contributed by atoms with E-state index in [1.807, 2.05) is 6.07 Å². The summed E-state index contributed by atoms with van der Waals surface area (Å²) < 4.78 is 10.4. The van der Waals surface area contributed by atoms with Gasteiger partial charge in [0.05, 0.1) is 30.0 Å². The lowest BCUT2D eigenvalue weighted by molar-refractivity contribution is 0.0955. The van der Waals surface area contributed by atoms with Gasteiger partial charge in [-0.15, -0.1) is 0 Å². The maximum atomic E-state index is 12.1. The number of nitrogens with one attached hydrogen (secondary N) is 1. The molecule has 0 heterocycles. The number of hydrogen-bond donors (Lipinski definition) is 1. The summed E-state index contributed by atoms with van der Waals surface area (Å²) in [6.07, 6.45) is 0. The lowest BCUT2D eigenvalue weighted by Crippen LogP contribution is -2.19. The number of benzene rings is 2. The molecule has 0 aliphatic heterocycles. The highest BCUT2D eigenvalue weighted by Crippen LogP contribution is 2.27. The van der Waals surface area contributed by atoms with Gasteiger partial charge in [0.2, 0.25) is 0 Å². The minimum absolute atomic E-state index is 0.310. The van der Waals surface area contributed by atoms with Gasteiger partial charge in [-0.2, -0.15) is 5.10 Å². The van der Waals surface area contributed by atoms with Crippen LogP contribution in [0.4, 0.5) is 0 Å². The Labute approximate surface area is 150 Å². The largest absolute Gasteiger partial charge is 0.493 e. The Kier molecular flexibility index (Phi) is 6.06. The molecule has 0 aliphatic rings. The molecule has 2 aromatic carbocycles. The van der Waals surface area contributed by atoms with Crippen molar-refractivity contribution in [2.75, 3.05) is 14.2 Å². The predicted octanol–water partition coefficient (Wildman–Crippen LogP) is 4.16. The topological polar surface area (TPSA) is 59.9 Å². The highest BCUT2D eigenvalue weighted by atomic mass is 35.5. The fraction of sp³-hybridized carbons (Fsp3) is 0.176. The Hall–Kier alpha value is -2.24. The average Bonchev–Trinajstić information content (AvgIpc) is 2.60. The van der Waals surface area contributed by atoms with Crippen LogP contribution in [-0.4, -0.2) is 25.8 Å². The molecule has 0 spiro atoms. The van der Waals surface area contributed by atoms with Crippen molar-refractivity contribution >= 4 is 34.8 Å². The fourth-order valence-electron chi connectivity index (χ4n) is 1.96. The molecule has 2 rings (SSSR count). The molecule has 0 saturated carbocycles. The zero-order valence-corrected chi connectivity index (χ0v) is 14.9. The summed E-state index contributed by atoms with van der Waals surface area (Å²) in [5.74, 6) is 0.822. The van der Waals surface area contributed by atoms with Crippen molar-refractivity contribution in [3.05, 3.63) is 57.6 Å². The molecule has 0 atom stereocenters. The highest BCUT2D eigenvalue weighted by molar-refractivity contribution is 6.42. The Bertz CT molecular complexity index is 791. The van der Waals surface area contributed by atoms with Gasteiger partial charge in [0.1, 0.15) is 0 Å². The molecule has 0 radical (unpaired) electrons. The summed E-state index contributed by atoms with van der Waals surface area (Å²) in [6, 6.07) is 10.00. The van der Waals surface area contributed by atoms with E-state index in [2.05, 4.69) is 10.5 Å². The van der Waals surface area contributed by atoms with E-state index in [0.717, 1.165) is 5.56 Å². The Morgan fingerprint density at radius 2 is 1.62 bits per heavy atom. The summed E-state index contributed by atoms with van der Waals surface area (Å²) in [7, 11) is 3.12. The third-order valence-electron chi connectivity index (χ3n) is 3.31. The fourth-order valence-corrected chi connectivity index (χ4v) is 2.26. The molecule has 0 aliphatic carbocycles. The van der Waals surface area contributed by atoms with Gasteiger partial charge in [0, 0.05) is 11.1 Å². The van der Waals surface area contributed by atoms with E-state index < -0.39 is 0 Å². The van der Waals surface area contributed by atoms with Crippen LogP contribution >= 0.6 is 23.2 Å². The monoisotopic (exact) mass is 366 g/mol. The molecule has 24 heavy (non-hydrogen) atoms. The normalized spacial score (nSPS) is 11.1. The molecular weight excluding hydrogens is 351 g/mol. The van der Waals surface area contributed by atoms with Crippen LogP contribution in [0.2, 0.25) is 10.0 Å². The van der Waals surface area contributed by atoms with Gasteiger partial charge in [0.15, 0.2) is 11.5 Å². The first-order valence-corrected chi connectivity index (χ1v) is 7.74. The minimum Gasteiger partial charge on any atom is -0.493 e. The Balaban J connectivity index is 2.16. The summed E-state index contributed by atoms with van der Waals surface area (Å²) in [5, 5.41) is 4.80. The SMILES string of the molecule is COc1ccc(/C(C)=N/NC(=O)c2ccc(Cl)c(Cl)c2)cc1OC. The zero-order chi connectivity index (χ0) is 17.7. The summed E-state index contributed by atoms with van der Waals surface area (Å²) >= 11 is 11.7. The number of hydrazone groups is 1. The third-order valence-corrected chi connectivity index (χ3v) is 4.05. The van der Waals surface area contributed by atoms with Crippen molar-refractivity contribution in [1.29, 1.82) is 0 Å². The molecule has 0 aromatic heterocycles. The predicted molar refractivity (Wildman–Crippen MR) is 95.7 cm³/mol. The molecule has 2 aromatic rings. The third kappa shape index (κ3) is 4.19. The van der Waals surface area contributed by atoms with Crippen molar-refractivity contribution in [2.45, 2.75) is 6.92 Å². The van der Waals surface area contributed by atoms with Gasteiger partial charge in [-0.05, 0) is 43.3 Å². The molecule has 5 nitrogen and oxygen atoms in total. The first-order chi connectivity index (χ1) is 11.5. The zero-order valence-electron chi connectivity index (χ0n) is 13.4. The number of ether oxygens (including phenoxy) is 2. The van der Waals surface area contributed by atoms with Crippen LogP contribution < -0.4 is 14.9 Å². The van der Waals surface area contributed by atoms with Crippen molar-refractivity contribution in [1.82, 2.24) is 5.43 Å². The van der Waals surface area contributed by atoms with Crippen LogP contribution in [0.15, 0.2) is 41.5 Å². The number of nitrogens with zero attached hydrogens (tertiary/aromatic N) is 1. The number of hydrogen-bond acceptors (Lipinski definition) is 4. The molecule has 0 bridgehead atoms. The quantitative estimate of drug-likeness (QED) is 0.638. The van der Waals surface area contributed by atoms with Gasteiger partial charge in [0.25, 0.3) is 5.91 Å². The van der Waals surface area contributed by atoms with Crippen molar-refractivity contribution in [3.63, 3.8) is 0 Å². The van der Waals surface area contributed by atoms with Crippen LogP contribution in [0.25, 0.3) is 0 Å². The summed E-state index contributed by atoms with van der Waals surface area (Å²) in [4.78, 5) is 12.1. The van der Waals surface area contributed by atoms with E-state index in [1.54, 1.807) is 45.4 Å². The number of rotatable bonds is 5. The van der Waals surface area contributed by atoms with Crippen LogP contribution in [0.3, 0.4) is 0 Å². The second kappa shape index (κ2) is 8.04. The summed E-state index contributed by atoms with van der Waals surface area (Å²) in [6.45, 7) is 1.77. The molecule has 1 amide bonds. The molecule has 1 N–H and O–H groups in total. The standard InChI is InChI=1S/C17H16Cl2N2O3/c1-10(11-5-7-15(23-2)16(9-11)24-3)20-21-17(22)12-4-6-13(18)14(19)8-12/h4-9H,1-3H3,(H,21,22)/b20-10+. The molecule has 0 saturated heterocycles. The molecule has 126 valence electrons. The number of carbonyl (C=O) groups is 1. The van der Waals surface area contributed by atoms with Gasteiger partial charge in [-0.1, -0.05) is 23.2 Å². The van der Waals surface area contributed by atoms with Gasteiger partial charge in [-0.3, -0.25) is 4.79 Å². The van der Waals surface area contributed by atoms with E-state index in [-0.39, 0.29) is 5.91 Å². The van der Waals surface area contributed by atoms with E-state index in [0.29, 0.717) is 32.8 Å². The number of carbonyl (C=O) groups excluding carboxylic acids is 1. The number of amides is 1. The lowest BCUT2D eigenvalue weighted by atomic mass is 10.1. The number of methoxy groups -OCH3 is 2. The molecule has 7 heteroatoms. The van der Waals surface area contributed by atoms with E-state index in [1.165, 1.54) is 6.07 Å². The lowest BCUT2D eigenvalue weighted by Gasteiger charge is -2.09. The minimum atomic E-state index is -0.381. The average molecular weight is 367 g/mol. The van der Waals surface area contributed by atoms with E-state index >= 15 is 0 Å². The Morgan fingerprint density at radius 3 is 2.25 bits per heavy atom. The highest BCUT2D eigenvalue weighted by Gasteiger charge is 2.09. The number of halogens is 2. The van der Waals surface area contributed by atoms with Gasteiger partial charge in [-0.25, -0.2) is 5.43 Å². The van der Waals surface area contributed by atoms with Gasteiger partial charge >= 0.3 is 0 Å². The smallest absolute Gasteiger partial charge is 0.271 e. The van der Waals surface area contributed by atoms with Crippen LogP contribution in [-0.2, 0) is 0 Å². The summed E-state index contributed by atoms with van der Waals surface area (Å²) in [5.41, 5.74) is 4.26. The van der Waals surface area contributed by atoms with Crippen molar-refractivity contribution in [3.8, 4) is 11.5 Å². The van der Waals surface area contributed by atoms with Crippen molar-refractivity contribution in [2.24, 2.45) is 5.10 Å². The molecule has 0 fully saturated rings. The first kappa shape index (κ1) is 18.1. The van der Waals surface area contributed by atoms with E-state index in [9.17, 15) is 4.79 Å². The maximum absolute atomic E-state index is 12.1. The van der Waals surface area contributed by atoms with Gasteiger partial charge < -0.3 is 9.47 Å². The second-order valence-corrected chi connectivity index (χ2v) is 5.65. The van der Waals surface area contributed by atoms with Crippen LogP contribution in [0.1, 0.15) is 22.8 Å². The maximum Gasteiger partial charge on any atom is 0.271 e. The van der Waals surface area contributed by atoms with Crippen LogP contribution in [0, 0.1) is 0 Å². The second-order valence-electron chi connectivity index (χ2n) is 4.84. The van der Waals surface area contributed by atoms with Crippen LogP contribution in [0.5, 0.6) is 11.5 Å². The van der Waals surface area contributed by atoms with Crippen molar-refractivity contribution < 1.29 is 14.3 Å². The first-order valence-electron chi connectivity index (χ1n) is 6.98. The molecule has 0 unspecified atom stereocenters. The van der Waals surface area contributed by atoms with E-state index in [4.69, 9.17) is 32.7 Å². The molecular formula is C17H16Cl2N2O3. The Morgan fingerprint density at radius 1 is 0.958 bits per heavy atom.